The van der Waals surface area contributed by atoms with E-state index in [0.717, 1.165) is 12.0 Å². The van der Waals surface area contributed by atoms with Crippen LogP contribution in [0.5, 0.6) is 0 Å². The van der Waals surface area contributed by atoms with Crippen molar-refractivity contribution in [1.82, 2.24) is 24.9 Å². The van der Waals surface area contributed by atoms with Crippen LogP contribution in [0.25, 0.3) is 5.69 Å². The maximum Gasteiger partial charge on any atom is 0.271 e. The first kappa shape index (κ1) is 15.8. The van der Waals surface area contributed by atoms with Crippen molar-refractivity contribution in [2.45, 2.75) is 19.4 Å². The molecule has 24 heavy (non-hydrogen) atoms. The zero-order chi connectivity index (χ0) is 17.1. The zero-order valence-electron chi connectivity index (χ0n) is 13.6. The Kier molecular flexibility index (Phi) is 4.33. The van der Waals surface area contributed by atoms with E-state index >= 15 is 0 Å². The van der Waals surface area contributed by atoms with E-state index in [-0.39, 0.29) is 23.2 Å². The number of carbonyl (C=O) groups excluding carboxylic acids is 1. The number of rotatable bonds is 5. The predicted molar refractivity (Wildman–Crippen MR) is 90.1 cm³/mol. The summed E-state index contributed by atoms with van der Waals surface area (Å²) in [5.41, 5.74) is 1.56. The van der Waals surface area contributed by atoms with Crippen molar-refractivity contribution in [1.29, 1.82) is 0 Å². The average molecular weight is 325 g/mol. The van der Waals surface area contributed by atoms with Gasteiger partial charge in [0.2, 0.25) is 0 Å². The summed E-state index contributed by atoms with van der Waals surface area (Å²) in [7, 11) is 1.83. The van der Waals surface area contributed by atoms with E-state index in [1.807, 2.05) is 38.4 Å². The molecule has 0 saturated heterocycles. The third-order valence-electron chi connectivity index (χ3n) is 3.82. The summed E-state index contributed by atoms with van der Waals surface area (Å²) in [6.07, 6.45) is 4.32. The first-order chi connectivity index (χ1) is 11.6. The summed E-state index contributed by atoms with van der Waals surface area (Å²) in [4.78, 5) is 24.6. The monoisotopic (exact) mass is 325 g/mol. The first-order valence-electron chi connectivity index (χ1n) is 7.75. The van der Waals surface area contributed by atoms with Gasteiger partial charge < -0.3 is 5.32 Å². The largest absolute Gasteiger partial charge is 0.344 e. The van der Waals surface area contributed by atoms with Crippen molar-refractivity contribution in [3.05, 3.63) is 70.4 Å². The Bertz CT molecular complexity index is 891. The van der Waals surface area contributed by atoms with Crippen molar-refractivity contribution < 1.29 is 4.79 Å². The van der Waals surface area contributed by atoms with E-state index in [4.69, 9.17) is 0 Å². The molecular formula is C17H19N5O2. The molecule has 0 unspecified atom stereocenters. The van der Waals surface area contributed by atoms with Crippen LogP contribution in [-0.4, -0.2) is 25.5 Å². The molecule has 124 valence electrons. The molecule has 2 aromatic heterocycles. The number of aromatic nitrogens is 4. The van der Waals surface area contributed by atoms with Crippen molar-refractivity contribution in [2.24, 2.45) is 7.05 Å². The van der Waals surface area contributed by atoms with Crippen molar-refractivity contribution in [3.8, 4) is 5.69 Å². The van der Waals surface area contributed by atoms with Crippen LogP contribution in [-0.2, 0) is 7.05 Å². The third kappa shape index (κ3) is 3.15. The van der Waals surface area contributed by atoms with Gasteiger partial charge in [-0.25, -0.2) is 4.68 Å². The van der Waals surface area contributed by atoms with Crippen LogP contribution in [0.15, 0.2) is 53.6 Å². The van der Waals surface area contributed by atoms with E-state index in [1.54, 1.807) is 23.0 Å². The minimum absolute atomic E-state index is 0.158. The second kappa shape index (κ2) is 6.57. The molecule has 0 fully saturated rings. The highest BCUT2D eigenvalue weighted by Crippen LogP contribution is 2.16. The van der Waals surface area contributed by atoms with E-state index in [0.29, 0.717) is 5.69 Å². The van der Waals surface area contributed by atoms with Gasteiger partial charge in [-0.05, 0) is 18.6 Å². The van der Waals surface area contributed by atoms with Crippen LogP contribution in [0.4, 0.5) is 0 Å². The van der Waals surface area contributed by atoms with Gasteiger partial charge >= 0.3 is 0 Å². The zero-order valence-corrected chi connectivity index (χ0v) is 13.6. The molecule has 0 saturated carbocycles. The molecule has 2 N–H and O–H groups in total. The smallest absolute Gasteiger partial charge is 0.271 e. The highest BCUT2D eigenvalue weighted by molar-refractivity contribution is 5.92. The van der Waals surface area contributed by atoms with Gasteiger partial charge in [-0.3, -0.25) is 19.4 Å². The van der Waals surface area contributed by atoms with Gasteiger partial charge in [0.15, 0.2) is 0 Å². The van der Waals surface area contributed by atoms with Crippen LogP contribution in [0, 0.1) is 0 Å². The number of benzene rings is 1. The van der Waals surface area contributed by atoms with Crippen LogP contribution < -0.4 is 10.9 Å². The molecule has 1 atom stereocenters. The first-order valence-corrected chi connectivity index (χ1v) is 7.75. The fourth-order valence-electron chi connectivity index (χ4n) is 2.56. The Morgan fingerprint density at radius 2 is 2.08 bits per heavy atom. The average Bonchev–Trinajstić information content (AvgIpc) is 3.19. The minimum atomic E-state index is -0.322. The second-order valence-corrected chi connectivity index (χ2v) is 5.56. The summed E-state index contributed by atoms with van der Waals surface area (Å²) in [5, 5.41) is 9.91. The molecule has 0 aliphatic carbocycles. The van der Waals surface area contributed by atoms with Gasteiger partial charge in [0.25, 0.3) is 11.5 Å². The van der Waals surface area contributed by atoms with Crippen molar-refractivity contribution in [3.63, 3.8) is 0 Å². The lowest BCUT2D eigenvalue weighted by Crippen LogP contribution is -2.28. The maximum atomic E-state index is 12.5. The molecule has 3 rings (SSSR count). The van der Waals surface area contributed by atoms with Crippen LogP contribution >= 0.6 is 0 Å². The molecule has 0 aliphatic heterocycles. The molecule has 2 heterocycles. The fourth-order valence-corrected chi connectivity index (χ4v) is 2.56. The van der Waals surface area contributed by atoms with Gasteiger partial charge in [-0.1, -0.05) is 25.1 Å². The SMILES string of the molecule is CC[C@@H](NC(=O)c1cc(=O)n(-c2ccccc2)[nH]1)c1cnn(C)c1. The standard InChI is InChI=1S/C17H19N5O2/c1-3-14(12-10-18-21(2)11-12)19-17(24)15-9-16(23)22(20-15)13-7-5-4-6-8-13/h4-11,14,20H,3H2,1-2H3,(H,19,24)/t14-/m1/s1. The lowest BCUT2D eigenvalue weighted by atomic mass is 10.1. The Hall–Kier alpha value is -3.09. The molecule has 7 nitrogen and oxygen atoms in total. The van der Waals surface area contributed by atoms with Gasteiger partial charge in [0.1, 0.15) is 5.69 Å². The highest BCUT2D eigenvalue weighted by Gasteiger charge is 2.18. The van der Waals surface area contributed by atoms with E-state index in [1.165, 1.54) is 10.7 Å². The molecule has 0 aliphatic rings. The second-order valence-electron chi connectivity index (χ2n) is 5.56. The number of H-pyrrole nitrogens is 1. The lowest BCUT2D eigenvalue weighted by Gasteiger charge is -2.14. The van der Waals surface area contributed by atoms with Crippen molar-refractivity contribution >= 4 is 5.91 Å². The van der Waals surface area contributed by atoms with Gasteiger partial charge in [-0.2, -0.15) is 5.10 Å². The van der Waals surface area contributed by atoms with Gasteiger partial charge in [0.05, 0.1) is 17.9 Å². The van der Waals surface area contributed by atoms with E-state index in [2.05, 4.69) is 15.5 Å². The highest BCUT2D eigenvalue weighted by atomic mass is 16.2. The number of aryl methyl sites for hydroxylation is 1. The Balaban J connectivity index is 1.82. The topological polar surface area (TPSA) is 84.7 Å². The molecule has 0 spiro atoms. The molecule has 1 amide bonds. The molecule has 0 radical (unpaired) electrons. The molecular weight excluding hydrogens is 306 g/mol. The third-order valence-corrected chi connectivity index (χ3v) is 3.82. The number of amides is 1. The Labute approximate surface area is 138 Å². The van der Waals surface area contributed by atoms with Crippen LogP contribution in [0.1, 0.15) is 35.4 Å². The van der Waals surface area contributed by atoms with E-state index < -0.39 is 0 Å². The summed E-state index contributed by atoms with van der Waals surface area (Å²) in [6.45, 7) is 1.98. The van der Waals surface area contributed by atoms with Gasteiger partial charge in [0, 0.05) is 24.9 Å². The van der Waals surface area contributed by atoms with Gasteiger partial charge in [-0.15, -0.1) is 0 Å². The summed E-state index contributed by atoms with van der Waals surface area (Å²) in [6, 6.07) is 10.3. The summed E-state index contributed by atoms with van der Waals surface area (Å²) >= 11 is 0. The molecule has 3 aromatic rings. The summed E-state index contributed by atoms with van der Waals surface area (Å²) < 4.78 is 3.04. The van der Waals surface area contributed by atoms with Crippen molar-refractivity contribution in [2.75, 3.05) is 0 Å². The number of nitrogens with one attached hydrogen (secondary N) is 2. The number of nitrogens with zero attached hydrogens (tertiary/aromatic N) is 3. The number of carbonyl (C=O) groups is 1. The lowest BCUT2D eigenvalue weighted by molar-refractivity contribution is 0.0930. The normalized spacial score (nSPS) is 12.1. The van der Waals surface area contributed by atoms with Crippen LogP contribution in [0.2, 0.25) is 0 Å². The molecule has 7 heteroatoms. The number of aromatic amines is 1. The molecule has 1 aromatic carbocycles. The fraction of sp³-hybridized carbons (Fsp3) is 0.235. The molecule has 0 bridgehead atoms. The van der Waals surface area contributed by atoms with E-state index in [9.17, 15) is 9.59 Å². The number of hydrogen-bond donors (Lipinski definition) is 2. The Morgan fingerprint density at radius 1 is 1.33 bits per heavy atom. The number of para-hydroxylation sites is 1. The summed E-state index contributed by atoms with van der Waals surface area (Å²) in [5.74, 6) is -0.322. The van der Waals surface area contributed by atoms with Crippen LogP contribution in [0.3, 0.4) is 0 Å². The predicted octanol–water partition coefficient (Wildman–Crippen LogP) is 1.78. The number of hydrogen-bond acceptors (Lipinski definition) is 3. The Morgan fingerprint density at radius 3 is 2.71 bits per heavy atom. The maximum absolute atomic E-state index is 12.5. The quantitative estimate of drug-likeness (QED) is 0.750. The minimum Gasteiger partial charge on any atom is -0.344 e.